The number of nitrogens with two attached hydrogens (primary N) is 1. The molecule has 98 valence electrons. The molecule has 1 heterocycles. The molecule has 0 amide bonds. The summed E-state index contributed by atoms with van der Waals surface area (Å²) >= 11 is 5.83. The van der Waals surface area contributed by atoms with Gasteiger partial charge in [-0.1, -0.05) is 23.7 Å². The molecule has 0 saturated heterocycles. The van der Waals surface area contributed by atoms with Gasteiger partial charge in [-0.25, -0.2) is 9.97 Å². The topological polar surface area (TPSA) is 55.0 Å². The van der Waals surface area contributed by atoms with E-state index in [0.29, 0.717) is 11.1 Å². The third kappa shape index (κ3) is 2.96. The first-order chi connectivity index (χ1) is 9.22. The van der Waals surface area contributed by atoms with Gasteiger partial charge < -0.3 is 10.6 Å². The predicted molar refractivity (Wildman–Crippen MR) is 77.1 cm³/mol. The van der Waals surface area contributed by atoms with Crippen molar-refractivity contribution in [3.8, 4) is 0 Å². The van der Waals surface area contributed by atoms with Gasteiger partial charge in [0.15, 0.2) is 0 Å². The van der Waals surface area contributed by atoms with Gasteiger partial charge in [-0.3, -0.25) is 0 Å². The highest BCUT2D eigenvalue weighted by Gasteiger charge is 2.30. The summed E-state index contributed by atoms with van der Waals surface area (Å²) in [4.78, 5) is 10.8. The van der Waals surface area contributed by atoms with E-state index in [9.17, 15) is 0 Å². The molecular weight excluding hydrogens is 260 g/mol. The highest BCUT2D eigenvalue weighted by atomic mass is 35.5. The molecule has 1 aliphatic rings. The smallest absolute Gasteiger partial charge is 0.225 e. The van der Waals surface area contributed by atoms with Gasteiger partial charge in [0.05, 0.1) is 17.4 Å². The third-order valence-electron chi connectivity index (χ3n) is 3.16. The summed E-state index contributed by atoms with van der Waals surface area (Å²) in [6, 6.07) is 8.46. The standard InChI is InChI=1S/C14H15ClN4/c15-11-7-17-14(18-8-11)19(13-4-5-13)9-10-2-1-3-12(16)6-10/h1-3,6-8,13H,4-5,9,16H2. The lowest BCUT2D eigenvalue weighted by atomic mass is 10.2. The fraction of sp³-hybridized carbons (Fsp3) is 0.286. The van der Waals surface area contributed by atoms with Crippen molar-refractivity contribution >= 4 is 23.2 Å². The van der Waals surface area contributed by atoms with E-state index in [2.05, 4.69) is 20.9 Å². The highest BCUT2D eigenvalue weighted by Crippen LogP contribution is 2.31. The summed E-state index contributed by atoms with van der Waals surface area (Å²) in [5.74, 6) is 0.731. The molecule has 2 aromatic rings. The minimum Gasteiger partial charge on any atom is -0.399 e. The number of hydrogen-bond donors (Lipinski definition) is 1. The first-order valence-corrected chi connectivity index (χ1v) is 6.69. The number of aromatic nitrogens is 2. The van der Waals surface area contributed by atoms with Crippen molar-refractivity contribution in [2.45, 2.75) is 25.4 Å². The van der Waals surface area contributed by atoms with Crippen LogP contribution in [0.15, 0.2) is 36.7 Å². The zero-order valence-corrected chi connectivity index (χ0v) is 11.2. The lowest BCUT2D eigenvalue weighted by Gasteiger charge is -2.22. The Kier molecular flexibility index (Phi) is 3.25. The number of rotatable bonds is 4. The maximum Gasteiger partial charge on any atom is 0.225 e. The molecule has 1 aromatic carbocycles. The van der Waals surface area contributed by atoms with E-state index in [1.165, 1.54) is 18.4 Å². The molecule has 3 rings (SSSR count). The van der Waals surface area contributed by atoms with E-state index < -0.39 is 0 Å². The Hall–Kier alpha value is -1.81. The Bertz CT molecular complexity index is 566. The molecule has 0 bridgehead atoms. The number of anilines is 2. The van der Waals surface area contributed by atoms with Gasteiger partial charge >= 0.3 is 0 Å². The second-order valence-electron chi connectivity index (χ2n) is 4.81. The van der Waals surface area contributed by atoms with Gasteiger partial charge in [0, 0.05) is 18.3 Å². The monoisotopic (exact) mass is 274 g/mol. The van der Waals surface area contributed by atoms with Crippen molar-refractivity contribution in [2.24, 2.45) is 0 Å². The normalized spacial score (nSPS) is 14.4. The molecule has 0 unspecified atom stereocenters. The van der Waals surface area contributed by atoms with Crippen molar-refractivity contribution in [3.63, 3.8) is 0 Å². The Morgan fingerprint density at radius 2 is 2.00 bits per heavy atom. The molecule has 0 radical (unpaired) electrons. The fourth-order valence-electron chi connectivity index (χ4n) is 2.09. The number of halogens is 1. The lowest BCUT2D eigenvalue weighted by molar-refractivity contribution is 0.758. The van der Waals surface area contributed by atoms with Crippen molar-refractivity contribution < 1.29 is 0 Å². The summed E-state index contributed by atoms with van der Waals surface area (Å²) in [7, 11) is 0. The Labute approximate surface area is 117 Å². The van der Waals surface area contributed by atoms with Crippen LogP contribution in [0.4, 0.5) is 11.6 Å². The zero-order chi connectivity index (χ0) is 13.2. The van der Waals surface area contributed by atoms with Crippen LogP contribution in [0.2, 0.25) is 5.02 Å². The molecule has 4 nitrogen and oxygen atoms in total. The van der Waals surface area contributed by atoms with Gasteiger partial charge in [0.25, 0.3) is 0 Å². The van der Waals surface area contributed by atoms with Crippen LogP contribution in [0, 0.1) is 0 Å². The molecule has 1 saturated carbocycles. The van der Waals surface area contributed by atoms with E-state index in [1.807, 2.05) is 18.2 Å². The molecule has 5 heteroatoms. The van der Waals surface area contributed by atoms with Gasteiger partial charge in [0.2, 0.25) is 5.95 Å². The van der Waals surface area contributed by atoms with Crippen molar-refractivity contribution in [1.29, 1.82) is 0 Å². The Morgan fingerprint density at radius 1 is 1.26 bits per heavy atom. The van der Waals surface area contributed by atoms with Crippen LogP contribution in [0.5, 0.6) is 0 Å². The minimum atomic E-state index is 0.530. The minimum absolute atomic E-state index is 0.530. The molecule has 0 atom stereocenters. The molecule has 0 aliphatic heterocycles. The number of benzene rings is 1. The van der Waals surface area contributed by atoms with Gasteiger partial charge in [0.1, 0.15) is 0 Å². The van der Waals surface area contributed by atoms with Gasteiger partial charge in [-0.15, -0.1) is 0 Å². The fourth-order valence-corrected chi connectivity index (χ4v) is 2.19. The van der Waals surface area contributed by atoms with Gasteiger partial charge in [-0.2, -0.15) is 0 Å². The van der Waals surface area contributed by atoms with E-state index in [-0.39, 0.29) is 0 Å². The summed E-state index contributed by atoms with van der Waals surface area (Å²) in [5.41, 5.74) is 7.77. The Balaban J connectivity index is 1.83. The SMILES string of the molecule is Nc1cccc(CN(c2ncc(Cl)cn2)C2CC2)c1. The average molecular weight is 275 g/mol. The van der Waals surface area contributed by atoms with Crippen LogP contribution in [-0.2, 0) is 6.54 Å². The second kappa shape index (κ2) is 5.05. The van der Waals surface area contributed by atoms with Crippen molar-refractivity contribution in [3.05, 3.63) is 47.2 Å². The van der Waals surface area contributed by atoms with Crippen LogP contribution < -0.4 is 10.6 Å². The van der Waals surface area contributed by atoms with Gasteiger partial charge in [-0.05, 0) is 30.5 Å². The number of nitrogens with zero attached hydrogens (tertiary/aromatic N) is 3. The van der Waals surface area contributed by atoms with E-state index in [1.54, 1.807) is 12.4 Å². The third-order valence-corrected chi connectivity index (χ3v) is 3.35. The first kappa shape index (κ1) is 12.2. The molecule has 1 fully saturated rings. The van der Waals surface area contributed by atoms with Crippen molar-refractivity contribution in [2.75, 3.05) is 10.6 Å². The molecule has 2 N–H and O–H groups in total. The van der Waals surface area contributed by atoms with E-state index >= 15 is 0 Å². The first-order valence-electron chi connectivity index (χ1n) is 6.31. The quantitative estimate of drug-likeness (QED) is 0.871. The maximum atomic E-state index is 5.83. The number of nitrogen functional groups attached to an aromatic ring is 1. The maximum absolute atomic E-state index is 5.83. The highest BCUT2D eigenvalue weighted by molar-refractivity contribution is 6.30. The van der Waals surface area contributed by atoms with E-state index in [0.717, 1.165) is 18.2 Å². The van der Waals surface area contributed by atoms with Crippen LogP contribution in [-0.4, -0.2) is 16.0 Å². The molecule has 1 aromatic heterocycles. The average Bonchev–Trinajstić information content (AvgIpc) is 3.22. The summed E-state index contributed by atoms with van der Waals surface area (Å²) in [6.45, 7) is 0.775. The summed E-state index contributed by atoms with van der Waals surface area (Å²) in [6.07, 6.45) is 5.65. The van der Waals surface area contributed by atoms with E-state index in [4.69, 9.17) is 17.3 Å². The van der Waals surface area contributed by atoms with Crippen molar-refractivity contribution in [1.82, 2.24) is 9.97 Å². The Morgan fingerprint density at radius 3 is 2.63 bits per heavy atom. The lowest BCUT2D eigenvalue weighted by Crippen LogP contribution is -2.26. The van der Waals surface area contributed by atoms with Crippen LogP contribution in [0.3, 0.4) is 0 Å². The van der Waals surface area contributed by atoms with Crippen LogP contribution in [0.25, 0.3) is 0 Å². The second-order valence-corrected chi connectivity index (χ2v) is 5.24. The zero-order valence-electron chi connectivity index (χ0n) is 10.5. The summed E-state index contributed by atoms with van der Waals surface area (Å²) < 4.78 is 0. The number of hydrogen-bond acceptors (Lipinski definition) is 4. The molecule has 1 aliphatic carbocycles. The molecular formula is C14H15ClN4. The molecule has 0 spiro atoms. The van der Waals surface area contributed by atoms with Crippen LogP contribution in [0.1, 0.15) is 18.4 Å². The van der Waals surface area contributed by atoms with Crippen LogP contribution >= 0.6 is 11.6 Å². The molecule has 19 heavy (non-hydrogen) atoms. The summed E-state index contributed by atoms with van der Waals surface area (Å²) in [5, 5.41) is 0.559. The largest absolute Gasteiger partial charge is 0.399 e. The predicted octanol–water partition coefficient (Wildman–Crippen LogP) is 2.88.